The summed E-state index contributed by atoms with van der Waals surface area (Å²) in [6, 6.07) is 0.944. The van der Waals surface area contributed by atoms with Gasteiger partial charge in [0, 0.05) is 26.4 Å². The minimum Gasteiger partial charge on any atom is -0.361 e. The fourth-order valence-electron chi connectivity index (χ4n) is 2.73. The van der Waals surface area contributed by atoms with Crippen LogP contribution in [-0.2, 0) is 17.6 Å². The molecule has 2 rings (SSSR count). The first-order chi connectivity index (χ1) is 12.5. The van der Waals surface area contributed by atoms with Crippen molar-refractivity contribution in [3.8, 4) is 0 Å². The van der Waals surface area contributed by atoms with E-state index in [0.717, 1.165) is 25.1 Å². The van der Waals surface area contributed by atoms with E-state index in [1.54, 1.807) is 0 Å². The van der Waals surface area contributed by atoms with Gasteiger partial charge in [0.2, 0.25) is 0 Å². The van der Waals surface area contributed by atoms with Gasteiger partial charge in [-0.1, -0.05) is 33.0 Å². The summed E-state index contributed by atoms with van der Waals surface area (Å²) in [5.74, 6) is 0.282. The number of amidine groups is 1. The van der Waals surface area contributed by atoms with Crippen LogP contribution in [0.5, 0.6) is 0 Å². The van der Waals surface area contributed by atoms with E-state index >= 15 is 0 Å². The number of ether oxygens (including phenoxy) is 1. The Balaban J connectivity index is 2.25. The van der Waals surface area contributed by atoms with E-state index in [-0.39, 0.29) is 23.4 Å². The van der Waals surface area contributed by atoms with Gasteiger partial charge in [-0.3, -0.25) is 5.32 Å². The van der Waals surface area contributed by atoms with Crippen LogP contribution in [0.3, 0.4) is 0 Å². The highest BCUT2D eigenvalue weighted by Crippen LogP contribution is 2.42. The first kappa shape index (κ1) is 22.3. The number of halogens is 4. The van der Waals surface area contributed by atoms with Gasteiger partial charge >= 0.3 is 6.18 Å². The lowest BCUT2D eigenvalue weighted by Gasteiger charge is -2.24. The second-order valence-corrected chi connectivity index (χ2v) is 13.9. The molecule has 1 aromatic rings. The van der Waals surface area contributed by atoms with E-state index in [0.29, 0.717) is 13.2 Å². The Kier molecular flexibility index (Phi) is 7.40. The molecule has 154 valence electrons. The molecule has 2 heterocycles. The van der Waals surface area contributed by atoms with Crippen LogP contribution in [-0.4, -0.2) is 31.1 Å². The van der Waals surface area contributed by atoms with Crippen LogP contribution in [0.4, 0.5) is 19.0 Å². The Labute approximate surface area is 164 Å². The van der Waals surface area contributed by atoms with Crippen molar-refractivity contribution in [2.24, 2.45) is 4.99 Å². The second-order valence-electron chi connectivity index (χ2n) is 7.88. The zero-order chi connectivity index (χ0) is 20.2. The summed E-state index contributed by atoms with van der Waals surface area (Å²) in [5, 5.41) is 5.89. The van der Waals surface area contributed by atoms with Crippen molar-refractivity contribution in [1.29, 1.82) is 0 Å². The fourth-order valence-corrected chi connectivity index (χ4v) is 3.67. The lowest BCUT2D eigenvalue weighted by molar-refractivity contribution is -0.138. The van der Waals surface area contributed by atoms with Gasteiger partial charge in [0.05, 0.1) is 5.56 Å². The van der Waals surface area contributed by atoms with Crippen LogP contribution in [0.2, 0.25) is 25.7 Å². The predicted octanol–water partition coefficient (Wildman–Crippen LogP) is 5.23. The van der Waals surface area contributed by atoms with Gasteiger partial charge in [0.25, 0.3) is 0 Å². The number of aromatic nitrogens is 1. The number of rotatable bonds is 9. The van der Waals surface area contributed by atoms with Crippen LogP contribution >= 0.6 is 11.6 Å². The molecule has 2 N–H and O–H groups in total. The number of anilines is 1. The first-order valence-electron chi connectivity index (χ1n) is 9.14. The maximum absolute atomic E-state index is 13.6. The van der Waals surface area contributed by atoms with E-state index in [9.17, 15) is 13.2 Å². The van der Waals surface area contributed by atoms with E-state index in [1.807, 2.05) is 6.92 Å². The molecule has 0 saturated heterocycles. The topological polar surface area (TPSA) is 50.6 Å². The number of nitrogens with zero attached hydrogens (tertiary/aromatic N) is 2. The molecule has 1 aromatic heterocycles. The number of alkyl halides is 3. The minimum absolute atomic E-state index is 0.0295. The Bertz CT molecular complexity index is 670. The lowest BCUT2D eigenvalue weighted by atomic mass is 10.1. The van der Waals surface area contributed by atoms with Crippen molar-refractivity contribution in [3.63, 3.8) is 0 Å². The second kappa shape index (κ2) is 8.98. The summed E-state index contributed by atoms with van der Waals surface area (Å²) in [7, 11) is -1.27. The van der Waals surface area contributed by atoms with Crippen molar-refractivity contribution in [3.05, 3.63) is 17.3 Å². The number of fused-ring (bicyclic) bond motifs is 1. The summed E-state index contributed by atoms with van der Waals surface area (Å²) >= 11 is 6.04. The summed E-state index contributed by atoms with van der Waals surface area (Å²) < 4.78 is 47.9. The van der Waals surface area contributed by atoms with Crippen LogP contribution < -0.4 is 10.6 Å². The smallest absolute Gasteiger partial charge is 0.361 e. The van der Waals surface area contributed by atoms with Crippen molar-refractivity contribution in [1.82, 2.24) is 9.88 Å². The monoisotopic (exact) mass is 424 g/mol. The highest BCUT2D eigenvalue weighted by Gasteiger charge is 2.41. The molecule has 0 fully saturated rings. The molecular weight excluding hydrogens is 397 g/mol. The van der Waals surface area contributed by atoms with Crippen molar-refractivity contribution < 1.29 is 17.9 Å². The lowest BCUT2D eigenvalue weighted by Crippen LogP contribution is -2.29. The van der Waals surface area contributed by atoms with E-state index in [4.69, 9.17) is 16.3 Å². The molecule has 0 aliphatic carbocycles. The van der Waals surface area contributed by atoms with Crippen LogP contribution in [0.25, 0.3) is 0 Å². The number of aliphatic imine (C=N–C) groups is 1. The van der Waals surface area contributed by atoms with Gasteiger partial charge in [0.15, 0.2) is 5.29 Å². The highest BCUT2D eigenvalue weighted by molar-refractivity contribution is 6.76. The molecule has 1 atom stereocenters. The van der Waals surface area contributed by atoms with Crippen molar-refractivity contribution in [2.75, 3.05) is 18.5 Å². The first-order valence-corrected chi connectivity index (χ1v) is 13.2. The Morgan fingerprint density at radius 1 is 1.37 bits per heavy atom. The van der Waals surface area contributed by atoms with Gasteiger partial charge in [-0.2, -0.15) is 13.2 Å². The van der Waals surface area contributed by atoms with Crippen molar-refractivity contribution >= 4 is 30.8 Å². The summed E-state index contributed by atoms with van der Waals surface area (Å²) in [6.45, 7) is 9.79. The third-order valence-electron chi connectivity index (χ3n) is 4.26. The van der Waals surface area contributed by atoms with Gasteiger partial charge < -0.3 is 14.6 Å². The van der Waals surface area contributed by atoms with Crippen LogP contribution in [0, 0.1) is 0 Å². The molecular formula is C17H28ClF3N4OSi. The molecule has 5 nitrogen and oxygen atoms in total. The normalized spacial score (nSPS) is 17.5. The number of hydrogen-bond donors (Lipinski definition) is 2. The minimum atomic E-state index is -4.49. The van der Waals surface area contributed by atoms with Gasteiger partial charge in [-0.05, 0) is 30.6 Å². The summed E-state index contributed by atoms with van der Waals surface area (Å²) in [5.41, 5.74) is -0.655. The average molecular weight is 425 g/mol. The Hall–Kier alpha value is -1.03. The van der Waals surface area contributed by atoms with Crippen LogP contribution in [0.1, 0.15) is 37.1 Å². The Morgan fingerprint density at radius 3 is 2.67 bits per heavy atom. The zero-order valence-electron chi connectivity index (χ0n) is 16.2. The molecule has 0 aromatic carbocycles. The molecule has 1 aliphatic heterocycles. The van der Waals surface area contributed by atoms with Gasteiger partial charge in [-0.15, -0.1) is 0 Å². The van der Waals surface area contributed by atoms with E-state index in [2.05, 4.69) is 35.3 Å². The number of hydrogen-bond acceptors (Lipinski definition) is 4. The molecule has 0 saturated carbocycles. The molecule has 0 radical (unpaired) electrons. The quantitative estimate of drug-likeness (QED) is 0.324. The maximum atomic E-state index is 13.6. The predicted molar refractivity (Wildman–Crippen MR) is 106 cm³/mol. The van der Waals surface area contributed by atoms with E-state index in [1.165, 1.54) is 4.57 Å². The van der Waals surface area contributed by atoms with E-state index < -0.39 is 26.0 Å². The summed E-state index contributed by atoms with van der Waals surface area (Å²) in [4.78, 5) is 4.12. The third kappa shape index (κ3) is 6.23. The zero-order valence-corrected chi connectivity index (χ0v) is 18.0. The molecule has 0 amide bonds. The maximum Gasteiger partial charge on any atom is 0.418 e. The van der Waals surface area contributed by atoms with Crippen molar-refractivity contribution in [2.45, 2.75) is 64.5 Å². The SMILES string of the molecule is CCCCNC1N=C(Cl)Nc2c1c(C(F)(F)F)cn2COCC[Si](C)(C)C. The standard InChI is InChI=1S/C17H28ClF3N4OSi/c1-5-6-7-22-14-13-12(17(19,20)21)10-25(15(13)24-16(18)23-14)11-26-8-9-27(2,3)4/h10,14,22H,5-9,11H2,1-4H3,(H,23,24). The molecule has 27 heavy (non-hydrogen) atoms. The molecule has 0 bridgehead atoms. The molecule has 0 spiro atoms. The molecule has 1 unspecified atom stereocenters. The average Bonchev–Trinajstić information content (AvgIpc) is 2.90. The molecule has 10 heteroatoms. The molecule has 1 aliphatic rings. The Morgan fingerprint density at radius 2 is 2.07 bits per heavy atom. The fraction of sp³-hybridized carbons (Fsp3) is 0.706. The van der Waals surface area contributed by atoms with Gasteiger partial charge in [-0.25, -0.2) is 4.99 Å². The van der Waals surface area contributed by atoms with Crippen LogP contribution in [0.15, 0.2) is 11.2 Å². The number of unbranched alkanes of at least 4 members (excludes halogenated alkanes) is 1. The van der Waals surface area contributed by atoms with Gasteiger partial charge in [0.1, 0.15) is 18.7 Å². The highest BCUT2D eigenvalue weighted by atomic mass is 35.5. The third-order valence-corrected chi connectivity index (χ3v) is 6.15. The number of nitrogens with one attached hydrogen (secondary N) is 2. The summed E-state index contributed by atoms with van der Waals surface area (Å²) in [6.07, 6.45) is -2.47. The largest absolute Gasteiger partial charge is 0.418 e.